The molecular weight excluding hydrogens is 419 g/mol. The van der Waals surface area contributed by atoms with Crippen molar-refractivity contribution in [2.24, 2.45) is 40.4 Å². The van der Waals surface area contributed by atoms with Gasteiger partial charge in [0, 0.05) is 0 Å². The summed E-state index contributed by atoms with van der Waals surface area (Å²) < 4.78 is 13.3. The standard InChI is InChI=1S/C28H41FO4/c1-27-13-11-19(30)15-17(27)5-8-20-21-9-10-23(28(21,2)14-12-22(20)27)25(32)26(33)24(31)16-3-6-18(29)7-4-16/h3-4,6-7,17,19-26,30-33H,5,8-15H2,1-2H3/t17?,19-,20-,21?,22?,23?,24-,25-,26-,27-,28-/m0/s1. The molecule has 4 unspecified atom stereocenters. The first-order valence-corrected chi connectivity index (χ1v) is 13.1. The van der Waals surface area contributed by atoms with E-state index in [0.717, 1.165) is 44.9 Å². The molecule has 4 saturated carbocycles. The Morgan fingerprint density at radius 1 is 0.848 bits per heavy atom. The van der Waals surface area contributed by atoms with Gasteiger partial charge in [0.1, 0.15) is 18.0 Å². The van der Waals surface area contributed by atoms with Crippen LogP contribution in [0.15, 0.2) is 24.3 Å². The van der Waals surface area contributed by atoms with E-state index in [1.54, 1.807) is 0 Å². The fourth-order valence-corrected chi connectivity index (χ4v) is 9.12. The highest BCUT2D eigenvalue weighted by Crippen LogP contribution is 2.68. The Balaban J connectivity index is 1.33. The molecule has 0 spiro atoms. The van der Waals surface area contributed by atoms with Crippen LogP contribution >= 0.6 is 0 Å². The second-order valence-corrected chi connectivity index (χ2v) is 12.3. The molecule has 5 rings (SSSR count). The van der Waals surface area contributed by atoms with Crippen molar-refractivity contribution in [3.05, 3.63) is 35.6 Å². The van der Waals surface area contributed by atoms with E-state index in [1.165, 1.54) is 37.1 Å². The van der Waals surface area contributed by atoms with E-state index in [4.69, 9.17) is 0 Å². The Morgan fingerprint density at radius 2 is 1.52 bits per heavy atom. The van der Waals surface area contributed by atoms with Crippen molar-refractivity contribution in [3.63, 3.8) is 0 Å². The molecule has 4 N–H and O–H groups in total. The lowest BCUT2D eigenvalue weighted by Crippen LogP contribution is -2.55. The first-order valence-electron chi connectivity index (χ1n) is 13.1. The number of hydrogen-bond acceptors (Lipinski definition) is 4. The average Bonchev–Trinajstić information content (AvgIpc) is 3.15. The normalized spacial score (nSPS) is 45.4. The van der Waals surface area contributed by atoms with Gasteiger partial charge in [0.2, 0.25) is 0 Å². The summed E-state index contributed by atoms with van der Waals surface area (Å²) in [4.78, 5) is 0. The molecule has 4 fully saturated rings. The molecule has 4 nitrogen and oxygen atoms in total. The maximum absolute atomic E-state index is 13.3. The fraction of sp³-hybridized carbons (Fsp3) is 0.786. The van der Waals surface area contributed by atoms with Crippen LogP contribution in [0, 0.1) is 46.2 Å². The third-order valence-electron chi connectivity index (χ3n) is 11.0. The fourth-order valence-electron chi connectivity index (χ4n) is 9.12. The quantitative estimate of drug-likeness (QED) is 0.529. The molecular formula is C28H41FO4. The molecule has 0 bridgehead atoms. The van der Waals surface area contributed by atoms with Gasteiger partial charge in [-0.15, -0.1) is 0 Å². The van der Waals surface area contributed by atoms with Gasteiger partial charge in [-0.05, 0) is 116 Å². The smallest absolute Gasteiger partial charge is 0.123 e. The van der Waals surface area contributed by atoms with Crippen molar-refractivity contribution in [2.75, 3.05) is 0 Å². The molecule has 184 valence electrons. The van der Waals surface area contributed by atoms with Crippen LogP contribution < -0.4 is 0 Å². The maximum Gasteiger partial charge on any atom is 0.123 e. The van der Waals surface area contributed by atoms with Crippen molar-refractivity contribution < 1.29 is 24.8 Å². The summed E-state index contributed by atoms with van der Waals surface area (Å²) >= 11 is 0. The number of benzene rings is 1. The molecule has 0 saturated heterocycles. The number of rotatable bonds is 4. The molecule has 33 heavy (non-hydrogen) atoms. The predicted octanol–water partition coefficient (Wildman–Crippen LogP) is 4.60. The van der Waals surface area contributed by atoms with Gasteiger partial charge in [-0.1, -0.05) is 26.0 Å². The van der Waals surface area contributed by atoms with Gasteiger partial charge in [0.25, 0.3) is 0 Å². The first kappa shape index (κ1) is 23.7. The summed E-state index contributed by atoms with van der Waals surface area (Å²) in [6, 6.07) is 5.49. The van der Waals surface area contributed by atoms with Crippen LogP contribution in [0.2, 0.25) is 0 Å². The van der Waals surface area contributed by atoms with Crippen molar-refractivity contribution in [3.8, 4) is 0 Å². The lowest BCUT2D eigenvalue weighted by Gasteiger charge is -2.61. The minimum Gasteiger partial charge on any atom is -0.393 e. The summed E-state index contributed by atoms with van der Waals surface area (Å²) in [7, 11) is 0. The molecule has 4 aliphatic carbocycles. The summed E-state index contributed by atoms with van der Waals surface area (Å²) in [5.74, 6) is 2.06. The van der Waals surface area contributed by atoms with Crippen molar-refractivity contribution >= 4 is 0 Å². The number of aliphatic hydroxyl groups is 4. The van der Waals surface area contributed by atoms with Crippen molar-refractivity contribution in [1.29, 1.82) is 0 Å². The zero-order chi connectivity index (χ0) is 23.5. The predicted molar refractivity (Wildman–Crippen MR) is 125 cm³/mol. The zero-order valence-electron chi connectivity index (χ0n) is 20.0. The SMILES string of the molecule is C[C@]12CC[C@H](O)CC1CC[C@@H]1C2CC[C@@]2(C)C1CCC2[C@H](O)[C@@H](O)[C@@H](O)c1ccc(F)cc1. The zero-order valence-corrected chi connectivity index (χ0v) is 20.0. The second kappa shape index (κ2) is 8.58. The van der Waals surface area contributed by atoms with Crippen molar-refractivity contribution in [2.45, 2.75) is 96.1 Å². The third-order valence-corrected chi connectivity index (χ3v) is 11.0. The van der Waals surface area contributed by atoms with Crippen molar-refractivity contribution in [1.82, 2.24) is 0 Å². The van der Waals surface area contributed by atoms with E-state index in [-0.39, 0.29) is 23.3 Å². The van der Waals surface area contributed by atoms with E-state index in [0.29, 0.717) is 34.7 Å². The molecule has 0 aliphatic heterocycles. The van der Waals surface area contributed by atoms with Gasteiger partial charge < -0.3 is 20.4 Å². The molecule has 0 amide bonds. The first-order chi connectivity index (χ1) is 15.6. The molecule has 11 atom stereocenters. The average molecular weight is 461 g/mol. The Bertz CT molecular complexity index is 845. The van der Waals surface area contributed by atoms with Gasteiger partial charge in [-0.25, -0.2) is 4.39 Å². The highest BCUT2D eigenvalue weighted by atomic mass is 19.1. The number of halogens is 1. The topological polar surface area (TPSA) is 80.9 Å². The minimum atomic E-state index is -1.29. The van der Waals surface area contributed by atoms with E-state index in [2.05, 4.69) is 13.8 Å². The van der Waals surface area contributed by atoms with Gasteiger partial charge in [0.15, 0.2) is 0 Å². The lowest BCUT2D eigenvalue weighted by atomic mass is 9.44. The second-order valence-electron chi connectivity index (χ2n) is 12.3. The van der Waals surface area contributed by atoms with Gasteiger partial charge in [-0.2, -0.15) is 0 Å². The molecule has 0 radical (unpaired) electrons. The number of aliphatic hydroxyl groups excluding tert-OH is 4. The van der Waals surface area contributed by atoms with Gasteiger partial charge >= 0.3 is 0 Å². The monoisotopic (exact) mass is 460 g/mol. The Hall–Kier alpha value is -1.01. The van der Waals surface area contributed by atoms with Crippen LogP contribution in [0.25, 0.3) is 0 Å². The van der Waals surface area contributed by atoms with E-state index in [1.807, 2.05) is 0 Å². The van der Waals surface area contributed by atoms with E-state index in [9.17, 15) is 24.8 Å². The van der Waals surface area contributed by atoms with Crippen LogP contribution in [0.3, 0.4) is 0 Å². The summed E-state index contributed by atoms with van der Waals surface area (Å²) in [5, 5.41) is 43.1. The van der Waals surface area contributed by atoms with E-state index >= 15 is 0 Å². The highest BCUT2D eigenvalue weighted by molar-refractivity contribution is 5.20. The summed E-state index contributed by atoms with van der Waals surface area (Å²) in [6.07, 6.45) is 5.89. The van der Waals surface area contributed by atoms with Gasteiger partial charge in [-0.3, -0.25) is 0 Å². The highest BCUT2D eigenvalue weighted by Gasteiger charge is 2.61. The molecule has 1 aromatic carbocycles. The lowest BCUT2D eigenvalue weighted by molar-refractivity contribution is -0.147. The number of hydrogen-bond donors (Lipinski definition) is 4. The van der Waals surface area contributed by atoms with Crippen LogP contribution in [0.1, 0.15) is 83.3 Å². The maximum atomic E-state index is 13.3. The minimum absolute atomic E-state index is 0.0402. The largest absolute Gasteiger partial charge is 0.393 e. The van der Waals surface area contributed by atoms with Crippen LogP contribution in [-0.2, 0) is 0 Å². The number of fused-ring (bicyclic) bond motifs is 5. The van der Waals surface area contributed by atoms with Crippen LogP contribution in [0.4, 0.5) is 4.39 Å². The van der Waals surface area contributed by atoms with Crippen LogP contribution in [0.5, 0.6) is 0 Å². The Morgan fingerprint density at radius 3 is 2.24 bits per heavy atom. The molecule has 5 heteroatoms. The molecule has 4 aliphatic rings. The molecule has 1 aromatic rings. The van der Waals surface area contributed by atoms with Crippen LogP contribution in [-0.4, -0.2) is 38.7 Å². The Kier molecular flexibility index (Phi) is 6.17. The van der Waals surface area contributed by atoms with E-state index < -0.39 is 18.3 Å². The summed E-state index contributed by atoms with van der Waals surface area (Å²) in [5.41, 5.74) is 0.706. The third kappa shape index (κ3) is 3.78. The molecule has 0 aromatic heterocycles. The summed E-state index contributed by atoms with van der Waals surface area (Å²) in [6.45, 7) is 4.79. The molecule has 0 heterocycles. The Labute approximate surface area is 197 Å². The van der Waals surface area contributed by atoms with Gasteiger partial charge in [0.05, 0.1) is 12.2 Å².